The Bertz CT molecular complexity index is 796. The lowest BCUT2D eigenvalue weighted by molar-refractivity contribution is -0.123. The van der Waals surface area contributed by atoms with E-state index in [1.165, 1.54) is 12.1 Å². The van der Waals surface area contributed by atoms with Gasteiger partial charge in [0.2, 0.25) is 0 Å². The molecule has 0 bridgehead atoms. The number of carbonyl (C=O) groups is 2. The van der Waals surface area contributed by atoms with E-state index in [4.69, 9.17) is 4.74 Å². The molecule has 1 aromatic heterocycles. The molecule has 0 spiro atoms. The van der Waals surface area contributed by atoms with Crippen LogP contribution in [0.1, 0.15) is 21.6 Å². The number of hydrogen-bond acceptors (Lipinski definition) is 5. The minimum Gasteiger partial charge on any atom is -0.483 e. The van der Waals surface area contributed by atoms with E-state index < -0.39 is 5.91 Å². The minimum atomic E-state index is -0.433. The predicted molar refractivity (Wildman–Crippen MR) is 91.6 cm³/mol. The first kappa shape index (κ1) is 18.2. The fourth-order valence-electron chi connectivity index (χ4n) is 2.01. The average molecular weight is 344 g/mol. The third kappa shape index (κ3) is 5.45. The Hall–Kier alpha value is -3.16. The second kappa shape index (κ2) is 8.62. The summed E-state index contributed by atoms with van der Waals surface area (Å²) < 4.78 is 5.49. The van der Waals surface area contributed by atoms with Crippen LogP contribution in [0.3, 0.4) is 0 Å². The van der Waals surface area contributed by atoms with Crippen molar-refractivity contribution in [1.29, 1.82) is 0 Å². The first-order chi connectivity index (χ1) is 12.0. The van der Waals surface area contributed by atoms with Gasteiger partial charge in [0.05, 0.1) is 0 Å². The van der Waals surface area contributed by atoms with Gasteiger partial charge >= 0.3 is 0 Å². The lowest BCUT2D eigenvalue weighted by atomic mass is 10.1. The third-order valence-corrected chi connectivity index (χ3v) is 3.56. The monoisotopic (exact) mass is 344 g/mol. The highest BCUT2D eigenvalue weighted by Gasteiger charge is 2.08. The van der Waals surface area contributed by atoms with E-state index in [0.717, 1.165) is 11.1 Å². The number of benzene rings is 1. The number of amides is 2. The Morgan fingerprint density at radius 3 is 2.60 bits per heavy atom. The summed E-state index contributed by atoms with van der Waals surface area (Å²) in [6.45, 7) is 4.30. The fourth-order valence-corrected chi connectivity index (χ4v) is 2.01. The first-order valence-corrected chi connectivity index (χ1v) is 7.77. The van der Waals surface area contributed by atoms with Crippen molar-refractivity contribution in [1.82, 2.24) is 20.8 Å². The van der Waals surface area contributed by atoms with Crippen LogP contribution < -0.4 is 20.9 Å². The molecule has 0 saturated carbocycles. The summed E-state index contributed by atoms with van der Waals surface area (Å²) >= 11 is 0. The van der Waals surface area contributed by atoms with Crippen molar-refractivity contribution in [3.05, 3.63) is 57.5 Å². The molecule has 8 nitrogen and oxygen atoms in total. The van der Waals surface area contributed by atoms with Crippen LogP contribution in [0.15, 0.2) is 35.1 Å². The largest absolute Gasteiger partial charge is 0.483 e. The Balaban J connectivity index is 1.68. The van der Waals surface area contributed by atoms with Gasteiger partial charge in [0.15, 0.2) is 6.61 Å². The SMILES string of the molecule is Cc1cccc(OCC(=O)NCCNC(=O)c2ccc(=O)[nH]n2)c1C. The lowest BCUT2D eigenvalue weighted by Gasteiger charge is -2.11. The van der Waals surface area contributed by atoms with Crippen LogP contribution in [0.5, 0.6) is 5.75 Å². The van der Waals surface area contributed by atoms with E-state index in [2.05, 4.69) is 20.8 Å². The fraction of sp³-hybridized carbons (Fsp3) is 0.294. The van der Waals surface area contributed by atoms with Crippen LogP contribution in [0, 0.1) is 13.8 Å². The number of H-pyrrole nitrogens is 1. The van der Waals surface area contributed by atoms with Crippen LogP contribution >= 0.6 is 0 Å². The number of hydrogen-bond donors (Lipinski definition) is 3. The molecule has 2 aromatic rings. The summed E-state index contributed by atoms with van der Waals surface area (Å²) in [6.07, 6.45) is 0. The molecule has 0 atom stereocenters. The smallest absolute Gasteiger partial charge is 0.271 e. The van der Waals surface area contributed by atoms with Crippen molar-refractivity contribution in [3.63, 3.8) is 0 Å². The predicted octanol–water partition coefficient (Wildman–Crippen LogP) is 0.312. The summed E-state index contributed by atoms with van der Waals surface area (Å²) in [5, 5.41) is 11.0. The minimum absolute atomic E-state index is 0.0975. The van der Waals surface area contributed by atoms with E-state index in [1.54, 1.807) is 0 Å². The molecule has 3 N–H and O–H groups in total. The Labute approximate surface area is 144 Å². The Morgan fingerprint density at radius 1 is 1.12 bits per heavy atom. The van der Waals surface area contributed by atoms with Gasteiger partial charge in [0.1, 0.15) is 11.4 Å². The Kier molecular flexibility index (Phi) is 6.27. The normalized spacial score (nSPS) is 10.2. The molecule has 0 unspecified atom stereocenters. The van der Waals surface area contributed by atoms with Gasteiger partial charge < -0.3 is 15.4 Å². The van der Waals surface area contributed by atoms with Gasteiger partial charge in [-0.05, 0) is 37.1 Å². The maximum atomic E-state index is 11.8. The maximum absolute atomic E-state index is 11.8. The van der Waals surface area contributed by atoms with Gasteiger partial charge in [-0.25, -0.2) is 5.10 Å². The summed E-state index contributed by atoms with van der Waals surface area (Å²) in [6, 6.07) is 8.20. The van der Waals surface area contributed by atoms with Gasteiger partial charge in [-0.3, -0.25) is 14.4 Å². The number of aromatic amines is 1. The molecule has 1 aromatic carbocycles. The van der Waals surface area contributed by atoms with Crippen LogP contribution in [-0.2, 0) is 4.79 Å². The van der Waals surface area contributed by atoms with Crippen molar-refractivity contribution in [2.75, 3.05) is 19.7 Å². The van der Waals surface area contributed by atoms with E-state index >= 15 is 0 Å². The van der Waals surface area contributed by atoms with Crippen LogP contribution in [0.2, 0.25) is 0 Å². The zero-order chi connectivity index (χ0) is 18.2. The zero-order valence-corrected chi connectivity index (χ0v) is 14.1. The van der Waals surface area contributed by atoms with E-state index in [0.29, 0.717) is 5.75 Å². The van der Waals surface area contributed by atoms with Crippen LogP contribution in [0.25, 0.3) is 0 Å². The van der Waals surface area contributed by atoms with E-state index in [1.807, 2.05) is 32.0 Å². The van der Waals surface area contributed by atoms with Gasteiger partial charge in [-0.15, -0.1) is 0 Å². The third-order valence-electron chi connectivity index (χ3n) is 3.56. The highest BCUT2D eigenvalue weighted by atomic mass is 16.5. The maximum Gasteiger partial charge on any atom is 0.271 e. The lowest BCUT2D eigenvalue weighted by Crippen LogP contribution is -2.37. The molecule has 2 rings (SSSR count). The Morgan fingerprint density at radius 2 is 1.88 bits per heavy atom. The molecular formula is C17H20N4O4. The molecule has 1 heterocycles. The summed E-state index contributed by atoms with van der Waals surface area (Å²) in [4.78, 5) is 34.4. The van der Waals surface area contributed by atoms with Crippen molar-refractivity contribution in [2.45, 2.75) is 13.8 Å². The number of aryl methyl sites for hydroxylation is 1. The summed E-state index contributed by atoms with van der Waals surface area (Å²) in [5.41, 5.74) is 1.81. The standard InChI is InChI=1S/C17H20N4O4/c1-11-4-3-5-14(12(11)2)25-10-16(23)18-8-9-19-17(24)13-6-7-15(22)21-20-13/h3-7H,8-10H2,1-2H3,(H,18,23)(H,19,24)(H,21,22). The van der Waals surface area contributed by atoms with Crippen molar-refractivity contribution < 1.29 is 14.3 Å². The van der Waals surface area contributed by atoms with Gasteiger partial charge in [-0.1, -0.05) is 12.1 Å². The van der Waals surface area contributed by atoms with Crippen LogP contribution in [-0.4, -0.2) is 41.7 Å². The highest BCUT2D eigenvalue weighted by molar-refractivity contribution is 5.92. The zero-order valence-electron chi connectivity index (χ0n) is 14.1. The summed E-state index contributed by atoms with van der Waals surface area (Å²) in [7, 11) is 0. The number of nitrogens with one attached hydrogen (secondary N) is 3. The molecule has 0 saturated heterocycles. The molecule has 0 aliphatic carbocycles. The average Bonchev–Trinajstić information content (AvgIpc) is 2.60. The first-order valence-electron chi connectivity index (χ1n) is 7.77. The molecule has 0 aliphatic rings. The quantitative estimate of drug-likeness (QED) is 0.626. The number of carbonyl (C=O) groups excluding carboxylic acids is 2. The second-order valence-electron chi connectivity index (χ2n) is 5.40. The topological polar surface area (TPSA) is 113 Å². The molecule has 2 amide bonds. The van der Waals surface area contributed by atoms with E-state index in [-0.39, 0.29) is 36.9 Å². The molecule has 25 heavy (non-hydrogen) atoms. The molecule has 8 heteroatoms. The molecular weight excluding hydrogens is 324 g/mol. The van der Waals surface area contributed by atoms with Crippen molar-refractivity contribution >= 4 is 11.8 Å². The number of ether oxygens (including phenoxy) is 1. The van der Waals surface area contributed by atoms with Gasteiger partial charge in [0, 0.05) is 19.2 Å². The number of rotatable bonds is 7. The summed E-state index contributed by atoms with van der Waals surface area (Å²) in [5.74, 6) is -0.0398. The van der Waals surface area contributed by atoms with Crippen molar-refractivity contribution in [3.8, 4) is 5.75 Å². The number of nitrogens with zero attached hydrogens (tertiary/aromatic N) is 1. The molecule has 0 aliphatic heterocycles. The van der Waals surface area contributed by atoms with Crippen LogP contribution in [0.4, 0.5) is 0 Å². The van der Waals surface area contributed by atoms with Crippen molar-refractivity contribution in [2.24, 2.45) is 0 Å². The van der Waals surface area contributed by atoms with E-state index in [9.17, 15) is 14.4 Å². The molecule has 0 fully saturated rings. The molecule has 132 valence electrons. The van der Waals surface area contributed by atoms with Gasteiger partial charge in [-0.2, -0.15) is 5.10 Å². The highest BCUT2D eigenvalue weighted by Crippen LogP contribution is 2.20. The number of aromatic nitrogens is 2. The molecule has 0 radical (unpaired) electrons. The van der Waals surface area contributed by atoms with Gasteiger partial charge in [0.25, 0.3) is 17.4 Å². The second-order valence-corrected chi connectivity index (χ2v) is 5.40.